The van der Waals surface area contributed by atoms with Crippen LogP contribution in [0.15, 0.2) is 36.4 Å². The standard InChI is InChI=1S/C20H31NO3/c1-17-7-5-8-18(15-17)11-12-19(22)9-6-10-20(16-23-4)24-14-13-21(2)3/h5-9,15,20H,10-14,16H2,1-4H3/b9-6+. The first-order valence-electron chi connectivity index (χ1n) is 8.51. The van der Waals surface area contributed by atoms with Crippen molar-refractivity contribution in [2.24, 2.45) is 0 Å². The number of hydrogen-bond donors (Lipinski definition) is 0. The first-order valence-corrected chi connectivity index (χ1v) is 8.51. The van der Waals surface area contributed by atoms with Crippen LogP contribution in [0.4, 0.5) is 0 Å². The normalized spacial score (nSPS) is 12.9. The Morgan fingerprint density at radius 3 is 2.79 bits per heavy atom. The van der Waals surface area contributed by atoms with Crippen LogP contribution in [0.1, 0.15) is 24.0 Å². The fourth-order valence-electron chi connectivity index (χ4n) is 2.34. The summed E-state index contributed by atoms with van der Waals surface area (Å²) in [6.45, 7) is 4.14. The molecule has 0 fully saturated rings. The Morgan fingerprint density at radius 2 is 2.12 bits per heavy atom. The number of nitrogens with zero attached hydrogens (tertiary/aromatic N) is 1. The number of rotatable bonds is 12. The highest BCUT2D eigenvalue weighted by atomic mass is 16.5. The van der Waals surface area contributed by atoms with Gasteiger partial charge in [-0.2, -0.15) is 0 Å². The molecule has 1 aromatic carbocycles. The third-order valence-electron chi connectivity index (χ3n) is 3.69. The average Bonchev–Trinajstić information content (AvgIpc) is 2.52. The number of hydrogen-bond acceptors (Lipinski definition) is 4. The zero-order chi connectivity index (χ0) is 17.8. The molecule has 0 saturated heterocycles. The lowest BCUT2D eigenvalue weighted by molar-refractivity contribution is -0.114. The van der Waals surface area contributed by atoms with Gasteiger partial charge in [0.25, 0.3) is 0 Å². The van der Waals surface area contributed by atoms with Crippen LogP contribution in [0, 0.1) is 6.92 Å². The van der Waals surface area contributed by atoms with E-state index in [-0.39, 0.29) is 11.9 Å². The minimum atomic E-state index is -0.00391. The molecule has 1 rings (SSSR count). The predicted molar refractivity (Wildman–Crippen MR) is 98.4 cm³/mol. The minimum Gasteiger partial charge on any atom is -0.382 e. The Balaban J connectivity index is 2.32. The second-order valence-corrected chi connectivity index (χ2v) is 6.34. The highest BCUT2D eigenvalue weighted by molar-refractivity contribution is 5.89. The molecular formula is C20H31NO3. The van der Waals surface area contributed by atoms with E-state index in [1.54, 1.807) is 13.2 Å². The Morgan fingerprint density at radius 1 is 1.33 bits per heavy atom. The second-order valence-electron chi connectivity index (χ2n) is 6.34. The van der Waals surface area contributed by atoms with E-state index in [9.17, 15) is 4.79 Å². The van der Waals surface area contributed by atoms with E-state index in [1.165, 1.54) is 11.1 Å². The number of carbonyl (C=O) groups excluding carboxylic acids is 1. The van der Waals surface area contributed by atoms with Crippen LogP contribution in [-0.4, -0.2) is 57.8 Å². The lowest BCUT2D eigenvalue weighted by Crippen LogP contribution is -2.25. The Bertz CT molecular complexity index is 511. The van der Waals surface area contributed by atoms with Gasteiger partial charge in [0.15, 0.2) is 5.78 Å². The second kappa shape index (κ2) is 12.0. The van der Waals surface area contributed by atoms with Crippen LogP contribution in [0.25, 0.3) is 0 Å². The number of likely N-dealkylation sites (N-methyl/N-ethyl adjacent to an activating group) is 1. The molecule has 4 nitrogen and oxygen atoms in total. The van der Waals surface area contributed by atoms with Crippen molar-refractivity contribution in [2.45, 2.75) is 32.3 Å². The maximum absolute atomic E-state index is 12.0. The van der Waals surface area contributed by atoms with E-state index in [0.29, 0.717) is 26.1 Å². The summed E-state index contributed by atoms with van der Waals surface area (Å²) in [6.07, 6.45) is 5.58. The number of carbonyl (C=O) groups is 1. The molecule has 0 bridgehead atoms. The van der Waals surface area contributed by atoms with Gasteiger partial charge in [0, 0.05) is 20.1 Å². The molecule has 4 heteroatoms. The molecule has 0 spiro atoms. The number of methoxy groups -OCH3 is 1. The van der Waals surface area contributed by atoms with Gasteiger partial charge in [0.05, 0.1) is 19.3 Å². The van der Waals surface area contributed by atoms with Gasteiger partial charge >= 0.3 is 0 Å². The lowest BCUT2D eigenvalue weighted by atomic mass is 10.0. The van der Waals surface area contributed by atoms with Crippen molar-refractivity contribution in [1.82, 2.24) is 4.90 Å². The Hall–Kier alpha value is -1.49. The van der Waals surface area contributed by atoms with Crippen LogP contribution >= 0.6 is 0 Å². The number of benzene rings is 1. The molecule has 0 saturated carbocycles. The van der Waals surface area contributed by atoms with Crippen molar-refractivity contribution in [3.8, 4) is 0 Å². The van der Waals surface area contributed by atoms with Gasteiger partial charge in [-0.25, -0.2) is 0 Å². The summed E-state index contributed by atoms with van der Waals surface area (Å²) in [5, 5.41) is 0. The van der Waals surface area contributed by atoms with Crippen LogP contribution in [0.3, 0.4) is 0 Å². The number of allylic oxidation sites excluding steroid dienone is 1. The molecule has 0 amide bonds. The largest absolute Gasteiger partial charge is 0.382 e. The van der Waals surface area contributed by atoms with Gasteiger partial charge < -0.3 is 14.4 Å². The molecule has 0 aliphatic rings. The van der Waals surface area contributed by atoms with Crippen LogP contribution in [0.2, 0.25) is 0 Å². The quantitative estimate of drug-likeness (QED) is 0.551. The summed E-state index contributed by atoms with van der Waals surface area (Å²) >= 11 is 0. The van der Waals surface area contributed by atoms with Crippen LogP contribution in [-0.2, 0) is 20.7 Å². The molecular weight excluding hydrogens is 302 g/mol. The molecule has 0 heterocycles. The molecule has 0 radical (unpaired) electrons. The first kappa shape index (κ1) is 20.6. The molecule has 1 atom stereocenters. The molecule has 0 aromatic heterocycles. The zero-order valence-corrected chi connectivity index (χ0v) is 15.5. The molecule has 0 N–H and O–H groups in total. The van der Waals surface area contributed by atoms with Crippen molar-refractivity contribution in [2.75, 3.05) is 41.0 Å². The fourth-order valence-corrected chi connectivity index (χ4v) is 2.34. The smallest absolute Gasteiger partial charge is 0.155 e. The van der Waals surface area contributed by atoms with E-state index < -0.39 is 0 Å². The molecule has 0 aliphatic carbocycles. The summed E-state index contributed by atoms with van der Waals surface area (Å²) in [5.41, 5.74) is 2.44. The summed E-state index contributed by atoms with van der Waals surface area (Å²) in [5.74, 6) is 0.154. The van der Waals surface area contributed by atoms with Crippen LogP contribution < -0.4 is 0 Å². The van der Waals surface area contributed by atoms with E-state index in [2.05, 4.69) is 30.0 Å². The van der Waals surface area contributed by atoms with Gasteiger partial charge in [-0.05, 0) is 45.5 Å². The van der Waals surface area contributed by atoms with E-state index in [1.807, 2.05) is 26.2 Å². The summed E-state index contributed by atoms with van der Waals surface area (Å²) in [7, 11) is 5.70. The van der Waals surface area contributed by atoms with Gasteiger partial charge in [-0.1, -0.05) is 35.9 Å². The van der Waals surface area contributed by atoms with Gasteiger partial charge in [0.1, 0.15) is 0 Å². The number of aryl methyl sites for hydroxylation is 2. The van der Waals surface area contributed by atoms with Gasteiger partial charge in [-0.15, -0.1) is 0 Å². The summed E-state index contributed by atoms with van der Waals surface area (Å²) in [6, 6.07) is 8.30. The molecule has 134 valence electrons. The maximum Gasteiger partial charge on any atom is 0.155 e. The van der Waals surface area contributed by atoms with Gasteiger partial charge in [0.2, 0.25) is 0 Å². The van der Waals surface area contributed by atoms with Crippen molar-refractivity contribution in [3.63, 3.8) is 0 Å². The van der Waals surface area contributed by atoms with E-state index in [0.717, 1.165) is 13.0 Å². The van der Waals surface area contributed by atoms with Crippen molar-refractivity contribution in [3.05, 3.63) is 47.5 Å². The minimum absolute atomic E-state index is 0.00391. The van der Waals surface area contributed by atoms with Crippen molar-refractivity contribution in [1.29, 1.82) is 0 Å². The average molecular weight is 333 g/mol. The highest BCUT2D eigenvalue weighted by Gasteiger charge is 2.07. The van der Waals surface area contributed by atoms with Crippen molar-refractivity contribution >= 4 is 5.78 Å². The Kier molecular flexibility index (Phi) is 10.2. The maximum atomic E-state index is 12.0. The molecule has 24 heavy (non-hydrogen) atoms. The van der Waals surface area contributed by atoms with Crippen molar-refractivity contribution < 1.29 is 14.3 Å². The summed E-state index contributed by atoms with van der Waals surface area (Å²) in [4.78, 5) is 14.1. The summed E-state index contributed by atoms with van der Waals surface area (Å²) < 4.78 is 11.0. The third-order valence-corrected chi connectivity index (χ3v) is 3.69. The molecule has 0 aliphatic heterocycles. The van der Waals surface area contributed by atoms with E-state index in [4.69, 9.17) is 9.47 Å². The topological polar surface area (TPSA) is 38.8 Å². The fraction of sp³-hybridized carbons (Fsp3) is 0.550. The van der Waals surface area contributed by atoms with E-state index >= 15 is 0 Å². The number of ether oxygens (including phenoxy) is 2. The zero-order valence-electron chi connectivity index (χ0n) is 15.5. The third kappa shape index (κ3) is 9.60. The lowest BCUT2D eigenvalue weighted by Gasteiger charge is -2.17. The monoisotopic (exact) mass is 333 g/mol. The highest BCUT2D eigenvalue weighted by Crippen LogP contribution is 2.07. The number of ketones is 1. The first-order chi connectivity index (χ1) is 11.5. The Labute approximate surface area is 146 Å². The SMILES string of the molecule is COCC(C/C=C/C(=O)CCc1cccc(C)c1)OCCN(C)C. The molecule has 1 aromatic rings. The van der Waals surface area contributed by atoms with Crippen LogP contribution in [0.5, 0.6) is 0 Å². The van der Waals surface area contributed by atoms with Gasteiger partial charge in [-0.3, -0.25) is 4.79 Å². The predicted octanol–water partition coefficient (Wildman–Crippen LogP) is 3.04. The molecule has 1 unspecified atom stereocenters.